The van der Waals surface area contributed by atoms with Gasteiger partial charge >= 0.3 is 5.97 Å². The summed E-state index contributed by atoms with van der Waals surface area (Å²) in [6.07, 6.45) is -20.8. The quantitative estimate of drug-likeness (QED) is 0.0643. The van der Waals surface area contributed by atoms with Gasteiger partial charge in [-0.15, -0.1) is 0 Å². The highest BCUT2D eigenvalue weighted by Crippen LogP contribution is 2.76. The van der Waals surface area contributed by atoms with Crippen molar-refractivity contribution >= 4 is 5.97 Å². The molecule has 4 saturated carbocycles. The molecule has 9 aliphatic rings. The maximum atomic E-state index is 15.1. The summed E-state index contributed by atoms with van der Waals surface area (Å²) < 4.78 is 47.6. The minimum Gasteiger partial charge on any atom is -0.432 e. The van der Waals surface area contributed by atoms with Crippen molar-refractivity contribution in [3.63, 3.8) is 0 Å². The van der Waals surface area contributed by atoms with Gasteiger partial charge in [-0.1, -0.05) is 53.2 Å². The van der Waals surface area contributed by atoms with Gasteiger partial charge in [-0.2, -0.15) is 0 Å². The molecule has 0 aromatic heterocycles. The van der Waals surface area contributed by atoms with E-state index in [0.717, 1.165) is 25.7 Å². The van der Waals surface area contributed by atoms with Gasteiger partial charge in [0.1, 0.15) is 85.5 Å². The second-order valence-corrected chi connectivity index (χ2v) is 25.7. The van der Waals surface area contributed by atoms with Crippen molar-refractivity contribution in [1.82, 2.24) is 0 Å². The third-order valence-electron chi connectivity index (χ3n) is 21.1. The van der Waals surface area contributed by atoms with E-state index in [1.807, 2.05) is 6.92 Å². The fourth-order valence-electron chi connectivity index (χ4n) is 16.1. The number of ether oxygens (including phenoxy) is 8. The molecule has 9 rings (SSSR count). The predicted octanol–water partition coefficient (Wildman–Crippen LogP) is -1.40. The van der Waals surface area contributed by atoms with E-state index in [9.17, 15) is 66.4 Å². The maximum Gasteiger partial charge on any atom is 0.315 e. The number of carbonyl (C=O) groups excluding carboxylic acids is 1. The largest absolute Gasteiger partial charge is 0.432 e. The molecule has 430 valence electrons. The van der Waals surface area contributed by atoms with Gasteiger partial charge in [-0.3, -0.25) is 4.79 Å². The van der Waals surface area contributed by atoms with E-state index < -0.39 is 153 Å². The molecule has 0 aromatic carbocycles. The molecular formula is C53H86O22. The zero-order valence-corrected chi connectivity index (χ0v) is 44.2. The van der Waals surface area contributed by atoms with Crippen LogP contribution in [0.15, 0.2) is 11.6 Å². The van der Waals surface area contributed by atoms with Crippen LogP contribution in [0.3, 0.4) is 0 Å². The Hall–Kier alpha value is -1.59. The number of carbonyl (C=O) groups is 1. The first-order valence-corrected chi connectivity index (χ1v) is 27.3. The van der Waals surface area contributed by atoms with Crippen molar-refractivity contribution in [2.75, 3.05) is 26.4 Å². The summed E-state index contributed by atoms with van der Waals surface area (Å²) in [5.74, 6) is -0.732. The molecule has 28 atom stereocenters. The lowest BCUT2D eigenvalue weighted by atomic mass is 9.33. The molecule has 5 aliphatic carbocycles. The molecular weight excluding hydrogens is 989 g/mol. The number of allylic oxidation sites excluding steroid dienone is 2. The van der Waals surface area contributed by atoms with Crippen LogP contribution in [0.1, 0.15) is 113 Å². The molecule has 22 nitrogen and oxygen atoms in total. The average Bonchev–Trinajstić information content (AvgIpc) is 3.37. The molecule has 75 heavy (non-hydrogen) atoms. The third kappa shape index (κ3) is 9.50. The zero-order chi connectivity index (χ0) is 54.7. The Morgan fingerprint density at radius 3 is 1.95 bits per heavy atom. The van der Waals surface area contributed by atoms with Gasteiger partial charge in [-0.25, -0.2) is 0 Å². The van der Waals surface area contributed by atoms with Crippen LogP contribution in [0.4, 0.5) is 0 Å². The standard InChI is InChI=1S/C53H86O22/c1-23-32(57)36(61)40(65)44(70-23)74-42-33(58)26(56)20-68-46(42)73-31-11-12-49(4)29(50(31,5)22-55)10-13-52(7)30(49)9-8-24-25-18-48(2,3)14-16-53(25,17-15-51(24,52)6)47(67)75-45-41(66)38(63)35(60)28(72-45)21-69-43-39(64)37(62)34(59)27(19-54)71-43/h8,23,25-46,54-66H,9-22H2,1-7H3/t23-,25+,26-,27-,28-,29+,30+,31-,32-,33+,34-,35-,36+,37+,38+,39-,40-,41-,42-,43-,44+,45+,46+,49-,50-,51+,52+,53+/m0/s1. The van der Waals surface area contributed by atoms with E-state index in [1.54, 1.807) is 0 Å². The van der Waals surface area contributed by atoms with E-state index in [4.69, 9.17) is 37.9 Å². The molecule has 0 radical (unpaired) electrons. The highest BCUT2D eigenvalue weighted by molar-refractivity contribution is 5.79. The molecule has 0 unspecified atom stereocenters. The molecule has 0 amide bonds. The van der Waals surface area contributed by atoms with Crippen molar-refractivity contribution in [2.45, 2.75) is 235 Å². The predicted molar refractivity (Wildman–Crippen MR) is 257 cm³/mol. The fourth-order valence-corrected chi connectivity index (χ4v) is 16.1. The lowest BCUT2D eigenvalue weighted by Gasteiger charge is -2.71. The second-order valence-electron chi connectivity index (χ2n) is 25.7. The second kappa shape index (κ2) is 21.1. The number of aliphatic hydroxyl groups is 13. The van der Waals surface area contributed by atoms with Gasteiger partial charge in [0, 0.05) is 5.41 Å². The minimum atomic E-state index is -1.84. The smallest absolute Gasteiger partial charge is 0.315 e. The molecule has 0 bridgehead atoms. The van der Waals surface area contributed by atoms with Crippen LogP contribution in [0.2, 0.25) is 0 Å². The number of hydrogen-bond donors (Lipinski definition) is 13. The molecule has 0 spiro atoms. The normalized spacial score (nSPS) is 54.8. The Morgan fingerprint density at radius 1 is 0.640 bits per heavy atom. The van der Waals surface area contributed by atoms with Crippen molar-refractivity contribution in [2.24, 2.45) is 50.2 Å². The third-order valence-corrected chi connectivity index (χ3v) is 21.1. The Bertz CT molecular complexity index is 2060. The van der Waals surface area contributed by atoms with Gasteiger partial charge in [0.05, 0.1) is 44.1 Å². The topological polar surface area (TPSA) is 354 Å². The fraction of sp³-hybridized carbons (Fsp3) is 0.943. The van der Waals surface area contributed by atoms with Crippen molar-refractivity contribution in [3.05, 3.63) is 11.6 Å². The van der Waals surface area contributed by atoms with Crippen LogP contribution >= 0.6 is 0 Å². The average molecular weight is 1080 g/mol. The molecule has 4 saturated heterocycles. The van der Waals surface area contributed by atoms with E-state index in [2.05, 4.69) is 40.7 Å². The van der Waals surface area contributed by atoms with E-state index in [0.29, 0.717) is 38.5 Å². The first kappa shape index (κ1) is 58.1. The van der Waals surface area contributed by atoms with Crippen LogP contribution < -0.4 is 0 Å². The minimum absolute atomic E-state index is 0.0432. The number of esters is 1. The summed E-state index contributed by atoms with van der Waals surface area (Å²) in [5.41, 5.74) is -1.70. The number of fused-ring (bicyclic) bond motifs is 7. The van der Waals surface area contributed by atoms with Crippen LogP contribution in [-0.2, 0) is 42.7 Å². The van der Waals surface area contributed by atoms with Crippen LogP contribution in [-0.4, -0.2) is 222 Å². The SMILES string of the molecule is C[C@@H]1O[C@H](O[C@@H]2[C@@H](O[C@H]3CC[C@@]4(C)[C@@H](CC[C@]5(C)[C@@H]4CC=C4[C@H]6CC(C)(C)CC[C@@]6(C(=O)O[C@H]6O[C@@H](CO[C@H]7O[C@@H](CO)[C@H](O)[C@@H](O)[C@@H]7O)[C@H](O)[C@@H](O)[C@@H]6O)CC[C@]45C)[C@]3(C)CO)OC[C@H](O)[C@H]2O)[C@@H](O)[C@H](O)[C@H]1O. The van der Waals surface area contributed by atoms with Crippen molar-refractivity contribution < 1.29 is 109 Å². The molecule has 13 N–H and O–H groups in total. The Labute approximate surface area is 437 Å². The van der Waals surface area contributed by atoms with Crippen molar-refractivity contribution in [1.29, 1.82) is 0 Å². The van der Waals surface area contributed by atoms with E-state index in [1.165, 1.54) is 12.5 Å². The first-order valence-electron chi connectivity index (χ1n) is 27.3. The van der Waals surface area contributed by atoms with Crippen LogP contribution in [0.25, 0.3) is 0 Å². The Balaban J connectivity index is 0.931. The van der Waals surface area contributed by atoms with Gasteiger partial charge < -0.3 is 104 Å². The number of rotatable bonds is 11. The Morgan fingerprint density at radius 2 is 1.27 bits per heavy atom. The summed E-state index contributed by atoms with van der Waals surface area (Å²) in [6, 6.07) is 0. The van der Waals surface area contributed by atoms with Crippen LogP contribution in [0, 0.1) is 50.2 Å². The van der Waals surface area contributed by atoms with Gasteiger partial charge in [-0.05, 0) is 111 Å². The van der Waals surface area contributed by atoms with E-state index >= 15 is 4.79 Å². The highest BCUT2D eigenvalue weighted by atomic mass is 16.8. The van der Waals surface area contributed by atoms with E-state index in [-0.39, 0.29) is 52.6 Å². The monoisotopic (exact) mass is 1070 g/mol. The Kier molecular flexibility index (Phi) is 16.3. The molecule has 22 heteroatoms. The van der Waals surface area contributed by atoms with Gasteiger partial charge in [0.2, 0.25) is 6.29 Å². The number of aliphatic hydroxyl groups excluding tert-OH is 13. The molecule has 4 aliphatic heterocycles. The molecule has 8 fully saturated rings. The first-order chi connectivity index (χ1) is 35.1. The van der Waals surface area contributed by atoms with Gasteiger partial charge in [0.15, 0.2) is 18.9 Å². The maximum absolute atomic E-state index is 15.1. The number of hydrogen-bond acceptors (Lipinski definition) is 22. The van der Waals surface area contributed by atoms with Crippen molar-refractivity contribution in [3.8, 4) is 0 Å². The highest BCUT2D eigenvalue weighted by Gasteiger charge is 2.71. The van der Waals surface area contributed by atoms with Crippen LogP contribution in [0.5, 0.6) is 0 Å². The summed E-state index contributed by atoms with van der Waals surface area (Å²) in [5, 5.41) is 139. The summed E-state index contributed by atoms with van der Waals surface area (Å²) in [6.45, 7) is 13.2. The molecule has 0 aromatic rings. The lowest BCUT2D eigenvalue weighted by molar-refractivity contribution is -0.365. The van der Waals surface area contributed by atoms with Gasteiger partial charge in [0.25, 0.3) is 0 Å². The molecule has 4 heterocycles. The lowest BCUT2D eigenvalue weighted by Crippen LogP contribution is -2.67. The summed E-state index contributed by atoms with van der Waals surface area (Å²) in [4.78, 5) is 15.1. The summed E-state index contributed by atoms with van der Waals surface area (Å²) in [7, 11) is 0. The summed E-state index contributed by atoms with van der Waals surface area (Å²) >= 11 is 0. The zero-order valence-electron chi connectivity index (χ0n) is 44.2.